The van der Waals surface area contributed by atoms with Crippen LogP contribution < -0.4 is 15.0 Å². The van der Waals surface area contributed by atoms with Gasteiger partial charge < -0.3 is 15.0 Å². The molecule has 3 aromatic carbocycles. The van der Waals surface area contributed by atoms with E-state index >= 15 is 0 Å². The fourth-order valence-corrected chi connectivity index (χ4v) is 4.00. The average Bonchev–Trinajstić information content (AvgIpc) is 3.19. The monoisotopic (exact) mass is 544 g/mol. The lowest BCUT2D eigenvalue weighted by atomic mass is 9.93. The number of carbonyl (C=O) groups excluding carboxylic acids is 2. The van der Waals surface area contributed by atoms with Crippen LogP contribution in [0.2, 0.25) is 0 Å². The molecule has 0 spiro atoms. The number of nitrogens with zero attached hydrogens (tertiary/aromatic N) is 1. The minimum Gasteiger partial charge on any atom is -0.495 e. The molecule has 0 fully saturated rings. The number of methoxy groups -OCH3 is 1. The summed E-state index contributed by atoms with van der Waals surface area (Å²) in [6, 6.07) is 10.9. The molecule has 0 aromatic heterocycles. The first kappa shape index (κ1) is 26.9. The Hall–Kier alpha value is -4.16. The van der Waals surface area contributed by atoms with Crippen LogP contribution in [0, 0.1) is 5.82 Å². The van der Waals surface area contributed by atoms with Crippen molar-refractivity contribution < 1.29 is 49.4 Å². The summed E-state index contributed by atoms with van der Waals surface area (Å²) in [4.78, 5) is 26.8. The maximum atomic E-state index is 14.5. The Labute approximate surface area is 209 Å². The van der Waals surface area contributed by atoms with Gasteiger partial charge in [-0.2, -0.15) is 26.3 Å². The molecule has 4 rings (SSSR count). The Morgan fingerprint density at radius 1 is 0.921 bits per heavy atom. The van der Waals surface area contributed by atoms with Crippen LogP contribution in [0.5, 0.6) is 5.75 Å². The zero-order chi connectivity index (χ0) is 28.0. The SMILES string of the molecule is COc1cc(C(F)(C(F)(F)F)C(F)(F)F)ccc1NC(=O)c1cc(N2Cc3ccccc3C2=O)ccc1F. The smallest absolute Gasteiger partial charge is 0.435 e. The molecular formula is C25H16F8N2O3. The molecule has 0 aliphatic carbocycles. The second kappa shape index (κ2) is 9.30. The van der Waals surface area contributed by atoms with Crippen LogP contribution in [-0.2, 0) is 12.2 Å². The first-order valence-corrected chi connectivity index (χ1v) is 10.7. The summed E-state index contributed by atoms with van der Waals surface area (Å²) in [7, 11) is 0.869. The number of benzene rings is 3. The molecule has 0 saturated carbocycles. The third kappa shape index (κ3) is 4.41. The highest BCUT2D eigenvalue weighted by atomic mass is 19.4. The van der Waals surface area contributed by atoms with Crippen LogP contribution in [-0.4, -0.2) is 31.3 Å². The number of amides is 2. The summed E-state index contributed by atoms with van der Waals surface area (Å²) in [6.45, 7) is 0.153. The molecule has 1 N–H and O–H groups in total. The van der Waals surface area contributed by atoms with E-state index in [0.717, 1.165) is 19.2 Å². The van der Waals surface area contributed by atoms with Gasteiger partial charge in [0.15, 0.2) is 0 Å². The molecule has 13 heteroatoms. The normalized spacial score (nSPS) is 13.9. The van der Waals surface area contributed by atoms with Crippen LogP contribution in [0.1, 0.15) is 31.8 Å². The second-order valence-electron chi connectivity index (χ2n) is 8.24. The molecule has 38 heavy (non-hydrogen) atoms. The molecule has 1 aliphatic heterocycles. The van der Waals surface area contributed by atoms with Gasteiger partial charge in [0.25, 0.3) is 11.8 Å². The van der Waals surface area contributed by atoms with Crippen LogP contribution >= 0.6 is 0 Å². The lowest BCUT2D eigenvalue weighted by Crippen LogP contribution is -2.50. The zero-order valence-electron chi connectivity index (χ0n) is 19.2. The van der Waals surface area contributed by atoms with E-state index in [9.17, 15) is 44.7 Å². The van der Waals surface area contributed by atoms with Gasteiger partial charge in [0.2, 0.25) is 0 Å². The third-order valence-corrected chi connectivity index (χ3v) is 5.96. The van der Waals surface area contributed by atoms with Crippen molar-refractivity contribution in [1.29, 1.82) is 0 Å². The predicted octanol–water partition coefficient (Wildman–Crippen LogP) is 6.54. The van der Waals surface area contributed by atoms with Crippen LogP contribution in [0.15, 0.2) is 60.7 Å². The first-order chi connectivity index (χ1) is 17.7. The molecule has 2 amide bonds. The van der Waals surface area contributed by atoms with Crippen LogP contribution in [0.25, 0.3) is 0 Å². The molecule has 0 unspecified atom stereocenters. The molecular weight excluding hydrogens is 528 g/mol. The van der Waals surface area contributed by atoms with Gasteiger partial charge in [0.1, 0.15) is 11.6 Å². The van der Waals surface area contributed by atoms with E-state index in [1.807, 2.05) is 0 Å². The van der Waals surface area contributed by atoms with Crippen molar-refractivity contribution in [3.05, 3.63) is 88.7 Å². The van der Waals surface area contributed by atoms with E-state index in [1.54, 1.807) is 24.3 Å². The highest BCUT2D eigenvalue weighted by Crippen LogP contribution is 2.54. The van der Waals surface area contributed by atoms with Gasteiger partial charge in [0.05, 0.1) is 24.9 Å². The number of hydrogen-bond donors (Lipinski definition) is 1. The maximum absolute atomic E-state index is 14.5. The van der Waals surface area contributed by atoms with Crippen molar-refractivity contribution in [1.82, 2.24) is 0 Å². The number of ether oxygens (including phenoxy) is 1. The zero-order valence-corrected chi connectivity index (χ0v) is 19.2. The van der Waals surface area contributed by atoms with Crippen LogP contribution in [0.3, 0.4) is 0 Å². The lowest BCUT2D eigenvalue weighted by molar-refractivity contribution is -0.348. The fourth-order valence-electron chi connectivity index (χ4n) is 4.00. The summed E-state index contributed by atoms with van der Waals surface area (Å²) in [5.41, 5.74) is -7.28. The Balaban J connectivity index is 1.64. The van der Waals surface area contributed by atoms with E-state index in [1.165, 1.54) is 11.0 Å². The van der Waals surface area contributed by atoms with Crippen molar-refractivity contribution in [3.63, 3.8) is 0 Å². The summed E-state index contributed by atoms with van der Waals surface area (Å²) in [5.74, 6) is -3.31. The van der Waals surface area contributed by atoms with Crippen molar-refractivity contribution in [2.45, 2.75) is 24.6 Å². The summed E-state index contributed by atoms with van der Waals surface area (Å²) in [6.07, 6.45) is -12.7. The number of rotatable bonds is 5. The van der Waals surface area contributed by atoms with E-state index in [0.29, 0.717) is 17.2 Å². The molecule has 0 radical (unpaired) electrons. The standard InChI is InChI=1S/C25H16F8N2O3/c1-38-20-10-14(23(27,24(28,29)30)25(31,32)33)6-9-19(20)34-21(36)17-11-15(7-8-18(17)26)35-12-13-4-2-3-5-16(13)22(35)37/h2-11H,12H2,1H3,(H,34,36). The lowest BCUT2D eigenvalue weighted by Gasteiger charge is -2.30. The van der Waals surface area contributed by atoms with E-state index < -0.39 is 52.3 Å². The van der Waals surface area contributed by atoms with Gasteiger partial charge in [0, 0.05) is 16.8 Å². The maximum Gasteiger partial charge on any atom is 0.435 e. The van der Waals surface area contributed by atoms with Crippen molar-refractivity contribution in [2.24, 2.45) is 0 Å². The molecule has 1 aliphatic rings. The number of nitrogens with one attached hydrogen (secondary N) is 1. The third-order valence-electron chi connectivity index (χ3n) is 5.96. The predicted molar refractivity (Wildman–Crippen MR) is 119 cm³/mol. The largest absolute Gasteiger partial charge is 0.495 e. The number of anilines is 2. The number of alkyl halides is 7. The summed E-state index contributed by atoms with van der Waals surface area (Å²) in [5, 5.41) is 2.13. The quantitative estimate of drug-likeness (QED) is 0.372. The first-order valence-electron chi connectivity index (χ1n) is 10.7. The Bertz CT molecular complexity index is 1400. The molecule has 3 aromatic rings. The number of carbonyl (C=O) groups is 2. The molecule has 1 heterocycles. The van der Waals surface area contributed by atoms with Gasteiger partial charge >= 0.3 is 18.0 Å². The van der Waals surface area contributed by atoms with Gasteiger partial charge in [-0.05, 0) is 42.0 Å². The number of halogens is 8. The van der Waals surface area contributed by atoms with Crippen molar-refractivity contribution >= 4 is 23.2 Å². The van der Waals surface area contributed by atoms with Crippen molar-refractivity contribution in [2.75, 3.05) is 17.3 Å². The van der Waals surface area contributed by atoms with E-state index in [4.69, 9.17) is 4.74 Å². The highest BCUT2D eigenvalue weighted by molar-refractivity contribution is 6.11. The highest BCUT2D eigenvalue weighted by Gasteiger charge is 2.73. The minimum absolute atomic E-state index is 0.142. The second-order valence-corrected chi connectivity index (χ2v) is 8.24. The summed E-state index contributed by atoms with van der Waals surface area (Å²) >= 11 is 0. The molecule has 0 saturated heterocycles. The molecule has 5 nitrogen and oxygen atoms in total. The fraction of sp³-hybridized carbons (Fsp3) is 0.200. The Morgan fingerprint density at radius 2 is 1.58 bits per heavy atom. The van der Waals surface area contributed by atoms with Gasteiger partial charge in [-0.15, -0.1) is 0 Å². The van der Waals surface area contributed by atoms with Gasteiger partial charge in [-0.25, -0.2) is 8.78 Å². The minimum atomic E-state index is -6.35. The van der Waals surface area contributed by atoms with Crippen LogP contribution in [0.4, 0.5) is 46.5 Å². The molecule has 0 bridgehead atoms. The Morgan fingerprint density at radius 3 is 2.18 bits per heavy atom. The van der Waals surface area contributed by atoms with Crippen molar-refractivity contribution in [3.8, 4) is 5.75 Å². The number of fused-ring (bicyclic) bond motifs is 1. The van der Waals surface area contributed by atoms with E-state index in [2.05, 4.69) is 5.32 Å². The summed E-state index contributed by atoms with van der Waals surface area (Å²) < 4.78 is 112. The van der Waals surface area contributed by atoms with Gasteiger partial charge in [-0.1, -0.05) is 24.3 Å². The number of hydrogen-bond acceptors (Lipinski definition) is 3. The molecule has 200 valence electrons. The molecule has 0 atom stereocenters. The van der Waals surface area contributed by atoms with Gasteiger partial charge in [-0.3, -0.25) is 9.59 Å². The van der Waals surface area contributed by atoms with E-state index in [-0.39, 0.29) is 30.3 Å². The topological polar surface area (TPSA) is 58.6 Å². The Kier molecular flexibility index (Phi) is 6.58. The average molecular weight is 544 g/mol.